The molecule has 1 aliphatic rings. The summed E-state index contributed by atoms with van der Waals surface area (Å²) in [6, 6.07) is 17.0. The Kier molecular flexibility index (Phi) is 13.0. The number of benzene rings is 3. The van der Waals surface area contributed by atoms with Crippen LogP contribution >= 0.6 is 11.3 Å². The van der Waals surface area contributed by atoms with Gasteiger partial charge in [0.1, 0.15) is 6.33 Å². The maximum Gasteiger partial charge on any atom is 0.162 e. The first-order valence-corrected chi connectivity index (χ1v) is 19.9. The van der Waals surface area contributed by atoms with E-state index in [0.29, 0.717) is 0 Å². The van der Waals surface area contributed by atoms with Crippen LogP contribution in [0.1, 0.15) is 137 Å². The Labute approximate surface area is 330 Å². The van der Waals surface area contributed by atoms with Crippen molar-refractivity contribution < 1.29 is 30.0 Å². The number of aryl methyl sites for hydroxylation is 1. The quantitative estimate of drug-likeness (QED) is 0.0957. The summed E-state index contributed by atoms with van der Waals surface area (Å²) in [6.45, 7) is 26.9. The normalized spacial score (nSPS) is 15.5. The zero-order valence-corrected chi connectivity index (χ0v) is 36.7. The van der Waals surface area contributed by atoms with Crippen LogP contribution < -0.4 is 0 Å². The molecule has 5 aromatic rings. The molecule has 0 aliphatic heterocycles. The maximum atomic E-state index is 11.7. The topological polar surface area (TPSA) is 63.1 Å². The molecule has 1 aliphatic carbocycles. The van der Waals surface area contributed by atoms with Crippen molar-refractivity contribution in [1.82, 2.24) is 9.97 Å². The molecule has 6 rings (SSSR count). The van der Waals surface area contributed by atoms with E-state index in [-0.39, 0.29) is 59.7 Å². The van der Waals surface area contributed by atoms with E-state index in [9.17, 15) is 9.90 Å². The Morgan fingerprint density at radius 3 is 2.08 bits per heavy atom. The monoisotopic (exact) mass is 896 g/mol. The number of aliphatic hydroxyl groups is 1. The van der Waals surface area contributed by atoms with Gasteiger partial charge in [-0.1, -0.05) is 105 Å². The average molecular weight is 896 g/mol. The van der Waals surface area contributed by atoms with Gasteiger partial charge in [-0.15, -0.1) is 40.5 Å². The van der Waals surface area contributed by atoms with Crippen LogP contribution in [0.15, 0.2) is 54.6 Å². The zero-order valence-electron chi connectivity index (χ0n) is 33.5. The minimum Gasteiger partial charge on any atom is -0.512 e. The summed E-state index contributed by atoms with van der Waals surface area (Å²) in [7, 11) is 0. The van der Waals surface area contributed by atoms with Crippen LogP contribution in [0.4, 0.5) is 0 Å². The molecule has 281 valence electrons. The second kappa shape index (κ2) is 16.2. The summed E-state index contributed by atoms with van der Waals surface area (Å²) in [5.41, 5.74) is 9.25. The molecule has 4 nitrogen and oxygen atoms in total. The number of carbonyl (C=O) groups is 1. The Balaban J connectivity index is 0.000000323. The van der Waals surface area contributed by atoms with Crippen molar-refractivity contribution in [3.63, 3.8) is 0 Å². The number of nitrogens with zero attached hydrogens (tertiary/aromatic N) is 2. The van der Waals surface area contributed by atoms with Crippen molar-refractivity contribution in [2.24, 2.45) is 11.8 Å². The molecule has 0 fully saturated rings. The van der Waals surface area contributed by atoms with Crippen molar-refractivity contribution in [3.05, 3.63) is 82.9 Å². The Hall–Kier alpha value is -2.92. The summed E-state index contributed by atoms with van der Waals surface area (Å²) in [6.07, 6.45) is 9.07. The number of ketones is 1. The SMILES string of the molecule is CCC(CC)C(=O)/C=C(\O)C(CC)CC.Cc1cc2c(sc3c(-c4[c-]c5ccccc5c(C(C)(C)C)c4)ncnc32)c2c1C(C)(C)CCC2(C)C.[Ir]. The number of carbonyl (C=O) groups excluding carboxylic acids is 1. The minimum absolute atomic E-state index is 0. The second-order valence-electron chi connectivity index (χ2n) is 17.0. The van der Waals surface area contributed by atoms with E-state index >= 15 is 0 Å². The van der Waals surface area contributed by atoms with E-state index in [0.717, 1.165) is 47.8 Å². The molecule has 0 bridgehead atoms. The smallest absolute Gasteiger partial charge is 0.162 e. The van der Waals surface area contributed by atoms with Gasteiger partial charge in [0.25, 0.3) is 0 Å². The predicted molar refractivity (Wildman–Crippen MR) is 219 cm³/mol. The van der Waals surface area contributed by atoms with E-state index in [4.69, 9.17) is 9.97 Å². The van der Waals surface area contributed by atoms with Gasteiger partial charge in [0, 0.05) is 58.5 Å². The van der Waals surface area contributed by atoms with Crippen LogP contribution in [0.5, 0.6) is 0 Å². The maximum absolute atomic E-state index is 11.7. The van der Waals surface area contributed by atoms with Crippen LogP contribution in [0.3, 0.4) is 0 Å². The third kappa shape index (κ3) is 8.10. The van der Waals surface area contributed by atoms with E-state index < -0.39 is 0 Å². The third-order valence-electron chi connectivity index (χ3n) is 11.4. The standard InChI is InChI=1S/C33H35N2S.C13H24O2.Ir/c1-19-15-23-28-30(36-29(23)26-25(19)32(5,6)13-14-33(26,7)8)27(34-18-35-28)21-16-20-11-9-10-12-22(20)24(17-21)31(2,3)4;1-5-10(6-2)12(14)9-13(15)11(7-3)8-4;/h9-12,15,17-18H,13-14H2,1-8H3;9-11,14H,5-8H2,1-4H3;/q-1;;/b;12-9-;. The zero-order chi connectivity index (χ0) is 37.5. The molecule has 0 unspecified atom stereocenters. The molecular weight excluding hydrogens is 837 g/mol. The second-order valence-corrected chi connectivity index (χ2v) is 18.0. The minimum atomic E-state index is 0. The van der Waals surface area contributed by atoms with Crippen molar-refractivity contribution in [3.8, 4) is 11.3 Å². The van der Waals surface area contributed by atoms with E-state index in [1.807, 2.05) is 39.0 Å². The van der Waals surface area contributed by atoms with Crippen LogP contribution in [0.25, 0.3) is 42.3 Å². The van der Waals surface area contributed by atoms with Crippen LogP contribution in [0.2, 0.25) is 0 Å². The number of aliphatic hydroxyl groups excluding tert-OH is 1. The molecule has 1 radical (unpaired) electrons. The summed E-state index contributed by atoms with van der Waals surface area (Å²) in [5, 5.41) is 13.4. The Morgan fingerprint density at radius 2 is 1.48 bits per heavy atom. The van der Waals surface area contributed by atoms with Gasteiger partial charge >= 0.3 is 0 Å². The summed E-state index contributed by atoms with van der Waals surface area (Å²) in [5.74, 6) is 0.547. The average Bonchev–Trinajstić information content (AvgIpc) is 3.45. The van der Waals surface area contributed by atoms with Gasteiger partial charge < -0.3 is 5.11 Å². The molecule has 52 heavy (non-hydrogen) atoms. The summed E-state index contributed by atoms with van der Waals surface area (Å²) < 4.78 is 2.56. The van der Waals surface area contributed by atoms with Gasteiger partial charge in [-0.2, -0.15) is 0 Å². The summed E-state index contributed by atoms with van der Waals surface area (Å²) in [4.78, 5) is 21.4. The molecule has 0 atom stereocenters. The molecule has 3 aromatic carbocycles. The van der Waals surface area contributed by atoms with Crippen molar-refractivity contribution in [2.75, 3.05) is 0 Å². The number of aromatic nitrogens is 2. The van der Waals surface area contributed by atoms with Gasteiger partial charge in [0.15, 0.2) is 5.78 Å². The van der Waals surface area contributed by atoms with Crippen LogP contribution in [-0.4, -0.2) is 20.9 Å². The van der Waals surface area contributed by atoms with Crippen LogP contribution in [0, 0.1) is 24.8 Å². The van der Waals surface area contributed by atoms with Crippen LogP contribution in [-0.2, 0) is 41.1 Å². The van der Waals surface area contributed by atoms with E-state index in [1.54, 1.807) is 11.9 Å². The van der Waals surface area contributed by atoms with Crippen molar-refractivity contribution >= 4 is 48.2 Å². The molecule has 1 N–H and O–H groups in total. The first-order valence-electron chi connectivity index (χ1n) is 19.1. The van der Waals surface area contributed by atoms with E-state index in [1.165, 1.54) is 55.8 Å². The van der Waals surface area contributed by atoms with E-state index in [2.05, 4.69) is 97.9 Å². The molecule has 0 saturated carbocycles. The van der Waals surface area contributed by atoms with Gasteiger partial charge in [-0.05, 0) is 84.5 Å². The molecule has 0 amide bonds. The van der Waals surface area contributed by atoms with Crippen molar-refractivity contribution in [2.45, 2.75) is 138 Å². The summed E-state index contributed by atoms with van der Waals surface area (Å²) >= 11 is 1.88. The number of rotatable bonds is 8. The first kappa shape index (κ1) is 41.8. The first-order chi connectivity index (χ1) is 24.0. The number of fused-ring (bicyclic) bond motifs is 6. The van der Waals surface area contributed by atoms with Gasteiger partial charge in [0.2, 0.25) is 0 Å². The number of hydrogen-bond acceptors (Lipinski definition) is 5. The Bertz CT molecular complexity index is 2090. The van der Waals surface area contributed by atoms with Crippen molar-refractivity contribution in [1.29, 1.82) is 0 Å². The molecule has 0 spiro atoms. The Morgan fingerprint density at radius 1 is 0.885 bits per heavy atom. The number of thiophene rings is 1. The number of hydrogen-bond donors (Lipinski definition) is 1. The van der Waals surface area contributed by atoms with Gasteiger partial charge in [0.05, 0.1) is 11.3 Å². The molecule has 0 saturated heterocycles. The number of allylic oxidation sites excluding steroid dienone is 2. The molecule has 2 aromatic heterocycles. The predicted octanol–water partition coefficient (Wildman–Crippen LogP) is 13.3. The fourth-order valence-corrected chi connectivity index (χ4v) is 9.66. The third-order valence-corrected chi connectivity index (χ3v) is 12.6. The van der Waals surface area contributed by atoms with Gasteiger partial charge in [-0.3, -0.25) is 9.78 Å². The molecule has 2 heterocycles. The van der Waals surface area contributed by atoms with Gasteiger partial charge in [-0.25, -0.2) is 4.98 Å². The largest absolute Gasteiger partial charge is 0.512 e. The fourth-order valence-electron chi connectivity index (χ4n) is 8.19. The fraction of sp³-hybridized carbons (Fsp3) is 0.500. The molecular formula is C46H59IrN2O2S-. The molecule has 6 heteroatoms.